The number of amides is 1. The molecule has 0 radical (unpaired) electrons. The summed E-state index contributed by atoms with van der Waals surface area (Å²) in [6, 6.07) is 4.52. The van der Waals surface area contributed by atoms with Crippen LogP contribution in [0, 0.1) is 17.0 Å². The number of hydrogen-bond donors (Lipinski definition) is 1. The molecule has 1 aromatic rings. The molecule has 0 heterocycles. The number of nitrogens with zero attached hydrogens (tertiary/aromatic N) is 1. The molecule has 1 unspecified atom stereocenters. The number of rotatable bonds is 5. The SMILES string of the molecule is CCC(CBr)NC(=O)c1ccc(C)c([N+](=O)[O-])c1. The largest absolute Gasteiger partial charge is 0.348 e. The minimum atomic E-state index is -0.478. The van der Waals surface area contributed by atoms with Gasteiger partial charge in [-0.05, 0) is 19.4 Å². The number of nitro groups is 1. The van der Waals surface area contributed by atoms with Crippen molar-refractivity contribution in [2.45, 2.75) is 26.3 Å². The first-order chi connectivity index (χ1) is 8.49. The van der Waals surface area contributed by atoms with Crippen molar-refractivity contribution in [2.24, 2.45) is 0 Å². The van der Waals surface area contributed by atoms with Gasteiger partial charge in [-0.1, -0.05) is 28.9 Å². The van der Waals surface area contributed by atoms with Crippen LogP contribution in [0.5, 0.6) is 0 Å². The zero-order chi connectivity index (χ0) is 13.7. The fourth-order valence-electron chi connectivity index (χ4n) is 1.47. The number of halogens is 1. The van der Waals surface area contributed by atoms with E-state index < -0.39 is 4.92 Å². The van der Waals surface area contributed by atoms with Gasteiger partial charge in [-0.2, -0.15) is 0 Å². The van der Waals surface area contributed by atoms with E-state index in [0.717, 1.165) is 6.42 Å². The van der Waals surface area contributed by atoms with E-state index in [1.165, 1.54) is 6.07 Å². The molecule has 0 fully saturated rings. The molecule has 1 N–H and O–H groups in total. The summed E-state index contributed by atoms with van der Waals surface area (Å²) in [4.78, 5) is 22.2. The normalized spacial score (nSPS) is 11.9. The van der Waals surface area contributed by atoms with Crippen LogP contribution >= 0.6 is 15.9 Å². The summed E-state index contributed by atoms with van der Waals surface area (Å²) < 4.78 is 0. The van der Waals surface area contributed by atoms with E-state index in [1.54, 1.807) is 19.1 Å². The molecule has 0 spiro atoms. The summed E-state index contributed by atoms with van der Waals surface area (Å²) in [6.07, 6.45) is 0.797. The van der Waals surface area contributed by atoms with Gasteiger partial charge in [0.25, 0.3) is 11.6 Å². The van der Waals surface area contributed by atoms with Gasteiger partial charge in [0.05, 0.1) is 4.92 Å². The summed E-state index contributed by atoms with van der Waals surface area (Å²) in [5.74, 6) is -0.288. The van der Waals surface area contributed by atoms with Gasteiger partial charge < -0.3 is 5.32 Å². The predicted octanol–water partition coefficient (Wildman–Crippen LogP) is 2.81. The van der Waals surface area contributed by atoms with Crippen LogP contribution in [0.2, 0.25) is 0 Å². The van der Waals surface area contributed by atoms with Crippen LogP contribution in [-0.4, -0.2) is 22.2 Å². The number of benzene rings is 1. The van der Waals surface area contributed by atoms with Crippen molar-refractivity contribution in [3.63, 3.8) is 0 Å². The molecular formula is C12H15BrN2O3. The maximum Gasteiger partial charge on any atom is 0.273 e. The standard InChI is InChI=1S/C12H15BrN2O3/c1-3-10(7-13)14-12(16)9-5-4-8(2)11(6-9)15(17)18/h4-6,10H,3,7H2,1-2H3,(H,14,16). The molecule has 0 aliphatic heterocycles. The Balaban J connectivity index is 2.93. The molecule has 0 saturated carbocycles. The Labute approximate surface area is 114 Å². The molecule has 1 aromatic carbocycles. The van der Waals surface area contributed by atoms with E-state index in [9.17, 15) is 14.9 Å². The van der Waals surface area contributed by atoms with Crippen LogP contribution < -0.4 is 5.32 Å². The summed E-state index contributed by atoms with van der Waals surface area (Å²) in [7, 11) is 0. The van der Waals surface area contributed by atoms with Crippen molar-refractivity contribution in [3.05, 3.63) is 39.4 Å². The van der Waals surface area contributed by atoms with Crippen LogP contribution in [-0.2, 0) is 0 Å². The number of nitrogens with one attached hydrogen (secondary N) is 1. The zero-order valence-electron chi connectivity index (χ0n) is 10.3. The van der Waals surface area contributed by atoms with Crippen LogP contribution in [0.4, 0.5) is 5.69 Å². The monoisotopic (exact) mass is 314 g/mol. The highest BCUT2D eigenvalue weighted by Gasteiger charge is 2.16. The Morgan fingerprint density at radius 2 is 2.22 bits per heavy atom. The quantitative estimate of drug-likeness (QED) is 0.516. The molecule has 0 aromatic heterocycles. The summed E-state index contributed by atoms with van der Waals surface area (Å²) in [5, 5.41) is 14.3. The maximum absolute atomic E-state index is 11.9. The minimum Gasteiger partial charge on any atom is -0.348 e. The number of hydrogen-bond acceptors (Lipinski definition) is 3. The van der Waals surface area contributed by atoms with Crippen molar-refractivity contribution in [1.29, 1.82) is 0 Å². The number of alkyl halides is 1. The molecule has 0 bridgehead atoms. The molecule has 98 valence electrons. The Morgan fingerprint density at radius 1 is 1.56 bits per heavy atom. The zero-order valence-corrected chi connectivity index (χ0v) is 11.9. The average Bonchev–Trinajstić information content (AvgIpc) is 2.35. The molecule has 1 atom stereocenters. The van der Waals surface area contributed by atoms with Gasteiger partial charge in [-0.15, -0.1) is 0 Å². The van der Waals surface area contributed by atoms with Crippen molar-refractivity contribution in [2.75, 3.05) is 5.33 Å². The Hall–Kier alpha value is -1.43. The van der Waals surface area contributed by atoms with Gasteiger partial charge in [0, 0.05) is 28.6 Å². The lowest BCUT2D eigenvalue weighted by molar-refractivity contribution is -0.385. The minimum absolute atomic E-state index is 0.0258. The summed E-state index contributed by atoms with van der Waals surface area (Å²) in [5.41, 5.74) is 0.824. The highest BCUT2D eigenvalue weighted by Crippen LogP contribution is 2.19. The van der Waals surface area contributed by atoms with Crippen LogP contribution in [0.1, 0.15) is 29.3 Å². The van der Waals surface area contributed by atoms with Crippen molar-refractivity contribution in [3.8, 4) is 0 Å². The topological polar surface area (TPSA) is 72.2 Å². The Bertz CT molecular complexity index is 459. The van der Waals surface area contributed by atoms with Gasteiger partial charge >= 0.3 is 0 Å². The Kier molecular flexibility index (Phi) is 5.27. The van der Waals surface area contributed by atoms with Crippen molar-refractivity contribution in [1.82, 2.24) is 5.32 Å². The van der Waals surface area contributed by atoms with Crippen molar-refractivity contribution >= 4 is 27.5 Å². The van der Waals surface area contributed by atoms with Crippen LogP contribution in [0.3, 0.4) is 0 Å². The molecule has 1 rings (SSSR count). The lowest BCUT2D eigenvalue weighted by Gasteiger charge is -2.13. The molecular weight excluding hydrogens is 300 g/mol. The third kappa shape index (κ3) is 3.53. The maximum atomic E-state index is 11.9. The van der Waals surface area contributed by atoms with E-state index >= 15 is 0 Å². The molecule has 0 saturated heterocycles. The lowest BCUT2D eigenvalue weighted by Crippen LogP contribution is -2.35. The van der Waals surface area contributed by atoms with E-state index in [-0.39, 0.29) is 17.6 Å². The lowest BCUT2D eigenvalue weighted by atomic mass is 10.1. The molecule has 6 heteroatoms. The second-order valence-corrected chi connectivity index (χ2v) is 4.64. The number of aryl methyl sites for hydroxylation is 1. The van der Waals surface area contributed by atoms with E-state index in [0.29, 0.717) is 16.5 Å². The molecule has 0 aliphatic carbocycles. The first kappa shape index (κ1) is 14.6. The van der Waals surface area contributed by atoms with Crippen LogP contribution in [0.15, 0.2) is 18.2 Å². The number of carbonyl (C=O) groups excluding carboxylic acids is 1. The van der Waals surface area contributed by atoms with E-state index in [2.05, 4.69) is 21.2 Å². The second kappa shape index (κ2) is 6.49. The second-order valence-electron chi connectivity index (χ2n) is 3.99. The summed E-state index contributed by atoms with van der Waals surface area (Å²) >= 11 is 3.30. The van der Waals surface area contributed by atoms with Gasteiger partial charge in [-0.25, -0.2) is 0 Å². The van der Waals surface area contributed by atoms with E-state index in [1.807, 2.05) is 6.92 Å². The van der Waals surface area contributed by atoms with E-state index in [4.69, 9.17) is 0 Å². The highest BCUT2D eigenvalue weighted by molar-refractivity contribution is 9.09. The summed E-state index contributed by atoms with van der Waals surface area (Å²) in [6.45, 7) is 3.61. The molecule has 18 heavy (non-hydrogen) atoms. The van der Waals surface area contributed by atoms with Gasteiger partial charge in [0.2, 0.25) is 0 Å². The molecule has 1 amide bonds. The average molecular weight is 315 g/mol. The molecule has 5 nitrogen and oxygen atoms in total. The number of carbonyl (C=O) groups is 1. The Morgan fingerprint density at radius 3 is 2.72 bits per heavy atom. The fraction of sp³-hybridized carbons (Fsp3) is 0.417. The third-order valence-corrected chi connectivity index (χ3v) is 3.46. The first-order valence-corrected chi connectivity index (χ1v) is 6.73. The third-order valence-electron chi connectivity index (χ3n) is 2.68. The first-order valence-electron chi connectivity index (χ1n) is 5.61. The predicted molar refractivity (Wildman–Crippen MR) is 73.2 cm³/mol. The molecule has 0 aliphatic rings. The fourth-order valence-corrected chi connectivity index (χ4v) is 2.09. The number of nitro benzene ring substituents is 1. The smallest absolute Gasteiger partial charge is 0.273 e. The van der Waals surface area contributed by atoms with Crippen LogP contribution in [0.25, 0.3) is 0 Å². The van der Waals surface area contributed by atoms with Gasteiger partial charge in [0.15, 0.2) is 0 Å². The van der Waals surface area contributed by atoms with Gasteiger partial charge in [-0.3, -0.25) is 14.9 Å². The van der Waals surface area contributed by atoms with Crippen molar-refractivity contribution < 1.29 is 9.72 Å². The van der Waals surface area contributed by atoms with Gasteiger partial charge in [0.1, 0.15) is 0 Å². The highest BCUT2D eigenvalue weighted by atomic mass is 79.9.